The van der Waals surface area contributed by atoms with E-state index in [0.717, 1.165) is 12.0 Å². The summed E-state index contributed by atoms with van der Waals surface area (Å²) in [5.74, 6) is 0.0340. The SMILES string of the molecule is C=CCN(C(=O)c1ccc(CCN)cc1)C(C)(C)C. The van der Waals surface area contributed by atoms with Gasteiger partial charge in [-0.3, -0.25) is 4.79 Å². The lowest BCUT2D eigenvalue weighted by molar-refractivity contribution is 0.0616. The topological polar surface area (TPSA) is 46.3 Å². The maximum atomic E-state index is 12.5. The summed E-state index contributed by atoms with van der Waals surface area (Å²) in [5.41, 5.74) is 7.16. The average Bonchev–Trinajstić information content (AvgIpc) is 2.35. The third kappa shape index (κ3) is 4.21. The van der Waals surface area contributed by atoms with E-state index in [0.29, 0.717) is 18.7 Å². The van der Waals surface area contributed by atoms with Gasteiger partial charge in [0.1, 0.15) is 0 Å². The molecule has 0 aliphatic rings. The van der Waals surface area contributed by atoms with E-state index in [1.807, 2.05) is 49.9 Å². The van der Waals surface area contributed by atoms with Gasteiger partial charge in [0.15, 0.2) is 0 Å². The summed E-state index contributed by atoms with van der Waals surface area (Å²) in [4.78, 5) is 14.3. The molecule has 1 aromatic rings. The molecule has 1 aromatic carbocycles. The van der Waals surface area contributed by atoms with Crippen LogP contribution >= 0.6 is 0 Å². The largest absolute Gasteiger partial charge is 0.330 e. The molecule has 0 saturated heterocycles. The van der Waals surface area contributed by atoms with E-state index in [1.54, 1.807) is 6.08 Å². The standard InChI is InChI=1S/C16H24N2O/c1-5-12-18(16(2,3)4)15(19)14-8-6-13(7-9-14)10-11-17/h5-9H,1,10-12,17H2,2-4H3. The third-order valence-corrected chi connectivity index (χ3v) is 3.00. The van der Waals surface area contributed by atoms with E-state index >= 15 is 0 Å². The van der Waals surface area contributed by atoms with Gasteiger partial charge >= 0.3 is 0 Å². The molecule has 0 atom stereocenters. The van der Waals surface area contributed by atoms with E-state index in [1.165, 1.54) is 0 Å². The van der Waals surface area contributed by atoms with Crippen molar-refractivity contribution >= 4 is 5.91 Å². The first kappa shape index (κ1) is 15.4. The molecule has 0 spiro atoms. The molecule has 3 heteroatoms. The van der Waals surface area contributed by atoms with Crippen molar-refractivity contribution in [1.29, 1.82) is 0 Å². The minimum Gasteiger partial charge on any atom is -0.330 e. The van der Waals surface area contributed by atoms with Gasteiger partial charge in [-0.15, -0.1) is 6.58 Å². The number of rotatable bonds is 5. The zero-order chi connectivity index (χ0) is 14.5. The summed E-state index contributed by atoms with van der Waals surface area (Å²) in [6.45, 7) is 11.0. The number of benzene rings is 1. The average molecular weight is 260 g/mol. The fraction of sp³-hybridized carbons (Fsp3) is 0.438. The minimum atomic E-state index is -0.221. The molecule has 0 aromatic heterocycles. The Labute approximate surface area is 116 Å². The van der Waals surface area contributed by atoms with Gasteiger partial charge in [0, 0.05) is 17.6 Å². The Bertz CT molecular complexity index is 429. The van der Waals surface area contributed by atoms with E-state index in [-0.39, 0.29) is 11.4 Å². The Hall–Kier alpha value is -1.61. The van der Waals surface area contributed by atoms with Crippen LogP contribution < -0.4 is 5.73 Å². The van der Waals surface area contributed by atoms with Crippen molar-refractivity contribution in [2.75, 3.05) is 13.1 Å². The molecule has 0 radical (unpaired) electrons. The predicted octanol–water partition coefficient (Wildman–Crippen LogP) is 2.61. The van der Waals surface area contributed by atoms with Crippen LogP contribution in [0.1, 0.15) is 36.7 Å². The Kier molecular flexibility index (Phi) is 5.31. The highest BCUT2D eigenvalue weighted by atomic mass is 16.2. The molecule has 1 rings (SSSR count). The molecule has 0 aliphatic carbocycles. The number of carbonyl (C=O) groups is 1. The van der Waals surface area contributed by atoms with Crippen molar-refractivity contribution < 1.29 is 4.79 Å². The number of hydrogen-bond acceptors (Lipinski definition) is 2. The fourth-order valence-electron chi connectivity index (χ4n) is 1.93. The van der Waals surface area contributed by atoms with Crippen LogP contribution in [0.4, 0.5) is 0 Å². The zero-order valence-corrected chi connectivity index (χ0v) is 12.1. The van der Waals surface area contributed by atoms with Crippen LogP contribution in [-0.4, -0.2) is 29.4 Å². The molecule has 0 aliphatic heterocycles. The van der Waals surface area contributed by atoms with Gasteiger partial charge < -0.3 is 10.6 Å². The summed E-state index contributed by atoms with van der Waals surface area (Å²) in [7, 11) is 0. The van der Waals surface area contributed by atoms with Crippen molar-refractivity contribution in [3.63, 3.8) is 0 Å². The molecule has 0 fully saturated rings. The van der Waals surface area contributed by atoms with Crippen LogP contribution in [0.25, 0.3) is 0 Å². The molecule has 104 valence electrons. The second-order valence-electron chi connectivity index (χ2n) is 5.61. The molecule has 2 N–H and O–H groups in total. The molecule has 0 bridgehead atoms. The number of nitrogens with two attached hydrogens (primary N) is 1. The highest BCUT2D eigenvalue weighted by molar-refractivity contribution is 5.94. The highest BCUT2D eigenvalue weighted by Crippen LogP contribution is 2.17. The smallest absolute Gasteiger partial charge is 0.254 e. The van der Waals surface area contributed by atoms with E-state index in [2.05, 4.69) is 6.58 Å². The molecule has 3 nitrogen and oxygen atoms in total. The Morgan fingerprint density at radius 1 is 1.32 bits per heavy atom. The van der Waals surface area contributed by atoms with Crippen LogP contribution in [0.15, 0.2) is 36.9 Å². The molecular weight excluding hydrogens is 236 g/mol. The van der Waals surface area contributed by atoms with Gasteiger partial charge in [-0.2, -0.15) is 0 Å². The third-order valence-electron chi connectivity index (χ3n) is 3.00. The number of carbonyl (C=O) groups excluding carboxylic acids is 1. The van der Waals surface area contributed by atoms with Crippen LogP contribution in [-0.2, 0) is 6.42 Å². The lowest BCUT2D eigenvalue weighted by Gasteiger charge is -2.35. The number of amides is 1. The van der Waals surface area contributed by atoms with Crippen LogP contribution in [0.3, 0.4) is 0 Å². The second-order valence-corrected chi connectivity index (χ2v) is 5.61. The lowest BCUT2D eigenvalue weighted by Crippen LogP contribution is -2.45. The maximum Gasteiger partial charge on any atom is 0.254 e. The van der Waals surface area contributed by atoms with Gasteiger partial charge in [0.05, 0.1) is 0 Å². The first-order valence-electron chi connectivity index (χ1n) is 6.62. The van der Waals surface area contributed by atoms with Gasteiger partial charge in [-0.25, -0.2) is 0 Å². The zero-order valence-electron chi connectivity index (χ0n) is 12.1. The molecule has 1 amide bonds. The van der Waals surface area contributed by atoms with E-state index in [4.69, 9.17) is 5.73 Å². The van der Waals surface area contributed by atoms with Crippen LogP contribution in [0.5, 0.6) is 0 Å². The Balaban J connectivity index is 2.93. The molecule has 0 heterocycles. The van der Waals surface area contributed by atoms with Crippen LogP contribution in [0, 0.1) is 0 Å². The fourth-order valence-corrected chi connectivity index (χ4v) is 1.93. The van der Waals surface area contributed by atoms with Gasteiger partial charge in [-0.1, -0.05) is 18.2 Å². The Morgan fingerprint density at radius 3 is 2.32 bits per heavy atom. The van der Waals surface area contributed by atoms with Crippen molar-refractivity contribution in [2.45, 2.75) is 32.7 Å². The highest BCUT2D eigenvalue weighted by Gasteiger charge is 2.25. The molecule has 0 saturated carbocycles. The predicted molar refractivity (Wildman–Crippen MR) is 80.2 cm³/mol. The summed E-state index contributed by atoms with van der Waals surface area (Å²) in [6, 6.07) is 7.67. The number of hydrogen-bond donors (Lipinski definition) is 1. The van der Waals surface area contributed by atoms with Gasteiger partial charge in [0.25, 0.3) is 5.91 Å². The second kappa shape index (κ2) is 6.53. The summed E-state index contributed by atoms with van der Waals surface area (Å²) < 4.78 is 0. The maximum absolute atomic E-state index is 12.5. The minimum absolute atomic E-state index is 0.0340. The van der Waals surface area contributed by atoms with E-state index in [9.17, 15) is 4.79 Å². The summed E-state index contributed by atoms with van der Waals surface area (Å²) in [6.07, 6.45) is 2.59. The van der Waals surface area contributed by atoms with Gasteiger partial charge in [-0.05, 0) is 51.4 Å². The monoisotopic (exact) mass is 260 g/mol. The van der Waals surface area contributed by atoms with Gasteiger partial charge in [0.2, 0.25) is 0 Å². The van der Waals surface area contributed by atoms with Crippen molar-refractivity contribution in [2.24, 2.45) is 5.73 Å². The number of nitrogens with zero attached hydrogens (tertiary/aromatic N) is 1. The first-order chi connectivity index (χ1) is 8.90. The van der Waals surface area contributed by atoms with Crippen molar-refractivity contribution in [3.8, 4) is 0 Å². The lowest BCUT2D eigenvalue weighted by atomic mass is 10.0. The quantitative estimate of drug-likeness (QED) is 0.827. The molecule has 0 unspecified atom stereocenters. The van der Waals surface area contributed by atoms with Crippen molar-refractivity contribution in [3.05, 3.63) is 48.0 Å². The normalized spacial score (nSPS) is 11.2. The Morgan fingerprint density at radius 2 is 1.89 bits per heavy atom. The van der Waals surface area contributed by atoms with E-state index < -0.39 is 0 Å². The molecule has 19 heavy (non-hydrogen) atoms. The first-order valence-corrected chi connectivity index (χ1v) is 6.62. The summed E-state index contributed by atoms with van der Waals surface area (Å²) in [5, 5.41) is 0. The summed E-state index contributed by atoms with van der Waals surface area (Å²) >= 11 is 0. The molecular formula is C16H24N2O. The van der Waals surface area contributed by atoms with Crippen LogP contribution in [0.2, 0.25) is 0 Å². The van der Waals surface area contributed by atoms with Crippen molar-refractivity contribution in [1.82, 2.24) is 4.90 Å².